The van der Waals surface area contributed by atoms with Gasteiger partial charge in [-0.1, -0.05) is 0 Å². The number of pyridine rings is 1. The normalized spacial score (nSPS) is 20.8. The van der Waals surface area contributed by atoms with E-state index in [-0.39, 0.29) is 10.8 Å². The third-order valence-electron chi connectivity index (χ3n) is 4.59. The predicted octanol–water partition coefficient (Wildman–Crippen LogP) is 1.17. The van der Waals surface area contributed by atoms with Crippen LogP contribution >= 0.6 is 0 Å². The number of nitrogens with zero attached hydrogens (tertiary/aromatic N) is 3. The fourth-order valence-corrected chi connectivity index (χ4v) is 4.61. The van der Waals surface area contributed by atoms with E-state index in [0.717, 1.165) is 12.8 Å². The molecule has 2 fully saturated rings. The zero-order valence-corrected chi connectivity index (χ0v) is 13.7. The SMILES string of the molecule is O=C(O)C1CCN(c2ccc(S(=O)(=O)N3CCCC3)cn2)CC1. The molecule has 0 radical (unpaired) electrons. The van der Waals surface area contributed by atoms with Crippen LogP contribution in [0.2, 0.25) is 0 Å². The van der Waals surface area contributed by atoms with Gasteiger partial charge in [0.2, 0.25) is 10.0 Å². The molecule has 2 saturated heterocycles. The minimum absolute atomic E-state index is 0.226. The van der Waals surface area contributed by atoms with Gasteiger partial charge in [0.15, 0.2) is 0 Å². The number of sulfonamides is 1. The number of anilines is 1. The Labute approximate surface area is 136 Å². The molecule has 0 saturated carbocycles. The standard InChI is InChI=1S/C15H21N3O4S/c19-15(20)12-5-9-17(10-6-12)14-4-3-13(11-16-14)23(21,22)18-7-1-2-8-18/h3-4,11-12H,1-2,5-10H2,(H,19,20). The predicted molar refractivity (Wildman–Crippen MR) is 84.8 cm³/mol. The Hall–Kier alpha value is -1.67. The quantitative estimate of drug-likeness (QED) is 0.885. The first-order valence-corrected chi connectivity index (χ1v) is 9.36. The Morgan fingerprint density at radius 1 is 1.13 bits per heavy atom. The van der Waals surface area contributed by atoms with Crippen LogP contribution in [0.1, 0.15) is 25.7 Å². The summed E-state index contributed by atoms with van der Waals surface area (Å²) in [6, 6.07) is 3.31. The van der Waals surface area contributed by atoms with Crippen LogP contribution in [0.5, 0.6) is 0 Å². The van der Waals surface area contributed by atoms with Gasteiger partial charge in [0.05, 0.1) is 5.92 Å². The first-order chi connectivity index (χ1) is 11.0. The number of carboxylic acids is 1. The van der Waals surface area contributed by atoms with E-state index >= 15 is 0 Å². The van der Waals surface area contributed by atoms with Gasteiger partial charge in [0.25, 0.3) is 0 Å². The second kappa shape index (κ2) is 6.45. The summed E-state index contributed by atoms with van der Waals surface area (Å²) in [6.07, 6.45) is 4.40. The molecule has 0 spiro atoms. The fraction of sp³-hybridized carbons (Fsp3) is 0.600. The highest BCUT2D eigenvalue weighted by atomic mass is 32.2. The monoisotopic (exact) mass is 339 g/mol. The highest BCUT2D eigenvalue weighted by Crippen LogP contribution is 2.24. The number of piperidine rings is 1. The Morgan fingerprint density at radius 3 is 2.30 bits per heavy atom. The van der Waals surface area contributed by atoms with E-state index in [2.05, 4.69) is 4.98 Å². The van der Waals surface area contributed by atoms with Crippen LogP contribution in [0, 0.1) is 5.92 Å². The third-order valence-corrected chi connectivity index (χ3v) is 6.47. The average Bonchev–Trinajstić information content (AvgIpc) is 3.10. The van der Waals surface area contributed by atoms with E-state index < -0.39 is 16.0 Å². The van der Waals surface area contributed by atoms with Crippen molar-refractivity contribution >= 4 is 21.8 Å². The summed E-state index contributed by atoms with van der Waals surface area (Å²) in [5.74, 6) is -0.333. The van der Waals surface area contributed by atoms with Crippen LogP contribution < -0.4 is 4.90 Å². The maximum absolute atomic E-state index is 12.4. The van der Waals surface area contributed by atoms with E-state index in [1.54, 1.807) is 12.1 Å². The summed E-state index contributed by atoms with van der Waals surface area (Å²) >= 11 is 0. The molecule has 3 rings (SSSR count). The van der Waals surface area contributed by atoms with Crippen LogP contribution in [-0.2, 0) is 14.8 Å². The lowest BCUT2D eigenvalue weighted by atomic mass is 9.97. The van der Waals surface area contributed by atoms with Crippen molar-refractivity contribution in [3.8, 4) is 0 Å². The first kappa shape index (κ1) is 16.2. The molecule has 3 heterocycles. The summed E-state index contributed by atoms with van der Waals surface area (Å²) in [5.41, 5.74) is 0. The largest absolute Gasteiger partial charge is 0.481 e. The van der Waals surface area contributed by atoms with E-state index in [0.29, 0.717) is 44.8 Å². The van der Waals surface area contributed by atoms with Gasteiger partial charge >= 0.3 is 5.97 Å². The highest BCUT2D eigenvalue weighted by molar-refractivity contribution is 7.89. The van der Waals surface area contributed by atoms with Crippen molar-refractivity contribution in [2.24, 2.45) is 5.92 Å². The van der Waals surface area contributed by atoms with Crippen LogP contribution in [0.25, 0.3) is 0 Å². The van der Waals surface area contributed by atoms with Crippen molar-refractivity contribution in [1.82, 2.24) is 9.29 Å². The smallest absolute Gasteiger partial charge is 0.306 e. The van der Waals surface area contributed by atoms with Crippen molar-refractivity contribution in [1.29, 1.82) is 0 Å². The molecule has 0 unspecified atom stereocenters. The molecule has 1 aromatic heterocycles. The molecule has 126 valence electrons. The summed E-state index contributed by atoms with van der Waals surface area (Å²) in [7, 11) is -3.43. The van der Waals surface area contributed by atoms with Crippen LogP contribution in [0.3, 0.4) is 0 Å². The first-order valence-electron chi connectivity index (χ1n) is 7.92. The summed E-state index contributed by atoms with van der Waals surface area (Å²) < 4.78 is 26.4. The molecule has 0 amide bonds. The summed E-state index contributed by atoms with van der Waals surface area (Å²) in [5, 5.41) is 9.02. The van der Waals surface area contributed by atoms with Gasteiger partial charge in [0.1, 0.15) is 10.7 Å². The van der Waals surface area contributed by atoms with Crippen LogP contribution in [-0.4, -0.2) is 55.0 Å². The number of rotatable bonds is 4. The molecule has 1 aromatic rings. The van der Waals surface area contributed by atoms with Crippen molar-refractivity contribution in [3.63, 3.8) is 0 Å². The average molecular weight is 339 g/mol. The molecule has 2 aliphatic rings. The Kier molecular flexibility index (Phi) is 4.54. The number of hydrogen-bond donors (Lipinski definition) is 1. The van der Waals surface area contributed by atoms with Gasteiger partial charge in [-0.05, 0) is 37.8 Å². The Balaban J connectivity index is 1.69. The zero-order valence-electron chi connectivity index (χ0n) is 12.9. The topological polar surface area (TPSA) is 90.8 Å². The lowest BCUT2D eigenvalue weighted by Crippen LogP contribution is -2.36. The van der Waals surface area contributed by atoms with Crippen LogP contribution in [0.15, 0.2) is 23.2 Å². The summed E-state index contributed by atoms with van der Waals surface area (Å²) in [6.45, 7) is 2.41. The van der Waals surface area contributed by atoms with Gasteiger partial charge in [-0.3, -0.25) is 4.79 Å². The Bertz CT molecular complexity index is 660. The van der Waals surface area contributed by atoms with Gasteiger partial charge in [-0.15, -0.1) is 0 Å². The molecule has 2 aliphatic heterocycles. The second-order valence-electron chi connectivity index (χ2n) is 6.06. The second-order valence-corrected chi connectivity index (χ2v) is 8.00. The highest BCUT2D eigenvalue weighted by Gasteiger charge is 2.28. The van der Waals surface area contributed by atoms with Crippen molar-refractivity contribution in [2.75, 3.05) is 31.1 Å². The van der Waals surface area contributed by atoms with E-state index in [1.807, 2.05) is 4.90 Å². The molecular weight excluding hydrogens is 318 g/mol. The number of aromatic nitrogens is 1. The van der Waals surface area contributed by atoms with Crippen LogP contribution in [0.4, 0.5) is 5.82 Å². The Morgan fingerprint density at radius 2 is 1.78 bits per heavy atom. The number of hydrogen-bond acceptors (Lipinski definition) is 5. The lowest BCUT2D eigenvalue weighted by molar-refractivity contribution is -0.142. The molecule has 23 heavy (non-hydrogen) atoms. The molecule has 7 nitrogen and oxygen atoms in total. The summed E-state index contributed by atoms with van der Waals surface area (Å²) in [4.78, 5) is 17.5. The number of carbonyl (C=O) groups is 1. The minimum Gasteiger partial charge on any atom is -0.481 e. The molecule has 8 heteroatoms. The molecular formula is C15H21N3O4S. The minimum atomic E-state index is -3.43. The lowest BCUT2D eigenvalue weighted by Gasteiger charge is -2.31. The maximum Gasteiger partial charge on any atom is 0.306 e. The van der Waals surface area contributed by atoms with Gasteiger partial charge in [0, 0.05) is 32.4 Å². The molecule has 0 aliphatic carbocycles. The van der Waals surface area contributed by atoms with Crippen molar-refractivity contribution in [3.05, 3.63) is 18.3 Å². The maximum atomic E-state index is 12.4. The fourth-order valence-electron chi connectivity index (χ4n) is 3.15. The van der Waals surface area contributed by atoms with E-state index in [1.165, 1.54) is 10.5 Å². The molecule has 0 aromatic carbocycles. The van der Waals surface area contributed by atoms with E-state index in [4.69, 9.17) is 5.11 Å². The van der Waals surface area contributed by atoms with Crippen molar-refractivity contribution in [2.45, 2.75) is 30.6 Å². The van der Waals surface area contributed by atoms with Gasteiger partial charge in [-0.2, -0.15) is 4.31 Å². The third kappa shape index (κ3) is 3.32. The number of carboxylic acid groups (broad SMARTS) is 1. The van der Waals surface area contributed by atoms with Crippen molar-refractivity contribution < 1.29 is 18.3 Å². The molecule has 0 bridgehead atoms. The van der Waals surface area contributed by atoms with E-state index in [9.17, 15) is 13.2 Å². The molecule has 0 atom stereocenters. The zero-order chi connectivity index (χ0) is 16.4. The molecule has 1 N–H and O–H groups in total. The van der Waals surface area contributed by atoms with Gasteiger partial charge in [-0.25, -0.2) is 13.4 Å². The number of aliphatic carboxylic acids is 1. The van der Waals surface area contributed by atoms with Gasteiger partial charge < -0.3 is 10.0 Å².